The molecular weight excluding hydrogens is 345 g/mol. The Balaban J connectivity index is 2.95. The van der Waals surface area contributed by atoms with E-state index >= 15 is 0 Å². The molecule has 1 unspecified atom stereocenters. The second-order valence-electron chi connectivity index (χ2n) is 7.13. The van der Waals surface area contributed by atoms with Gasteiger partial charge >= 0.3 is 0 Å². The van der Waals surface area contributed by atoms with Gasteiger partial charge in [-0.2, -0.15) is 0 Å². The van der Waals surface area contributed by atoms with Crippen molar-refractivity contribution in [1.29, 1.82) is 0 Å². The van der Waals surface area contributed by atoms with Crippen molar-refractivity contribution in [2.24, 2.45) is 5.73 Å². The van der Waals surface area contributed by atoms with Gasteiger partial charge in [0.05, 0.1) is 13.2 Å². The van der Waals surface area contributed by atoms with Gasteiger partial charge in [-0.05, 0) is 12.8 Å². The van der Waals surface area contributed by atoms with E-state index in [2.05, 4.69) is 6.92 Å². The minimum absolute atomic E-state index is 0.114. The molecule has 1 atom stereocenters. The zero-order valence-corrected chi connectivity index (χ0v) is 18.4. The van der Waals surface area contributed by atoms with Crippen LogP contribution in [-0.2, 0) is 13.8 Å². The summed E-state index contributed by atoms with van der Waals surface area (Å²) < 4.78 is 16.1. The van der Waals surface area contributed by atoms with Crippen LogP contribution in [0.1, 0.15) is 103 Å². The molecule has 4 nitrogen and oxygen atoms in total. The van der Waals surface area contributed by atoms with Crippen LogP contribution in [0.5, 0.6) is 0 Å². The van der Waals surface area contributed by atoms with Gasteiger partial charge in [0.2, 0.25) is 0 Å². The quantitative estimate of drug-likeness (QED) is 0.162. The second-order valence-corrected chi connectivity index (χ2v) is 7.88. The molecule has 0 rings (SSSR count). The van der Waals surface area contributed by atoms with Gasteiger partial charge in [0.25, 0.3) is 0 Å². The number of hydrogen-bond acceptors (Lipinski definition) is 4. The maximum atomic E-state index is 5.63. The van der Waals surface area contributed by atoms with Gasteiger partial charge in [-0.15, -0.1) is 0 Å². The highest BCUT2D eigenvalue weighted by atomic mass is 31.1. The van der Waals surface area contributed by atoms with E-state index in [9.17, 15) is 0 Å². The summed E-state index contributed by atoms with van der Waals surface area (Å²) in [5, 5.41) is 0. The van der Waals surface area contributed by atoms with E-state index in [1.165, 1.54) is 89.9 Å². The van der Waals surface area contributed by atoms with Gasteiger partial charge in [0.15, 0.2) is 9.03 Å². The van der Waals surface area contributed by atoms with Gasteiger partial charge < -0.3 is 19.5 Å². The van der Waals surface area contributed by atoms with Crippen molar-refractivity contribution >= 4 is 9.03 Å². The Bertz CT molecular complexity index is 221. The first-order valence-corrected chi connectivity index (χ1v) is 12.0. The number of unbranched alkanes of at least 4 members (excludes halogenated alkanes) is 13. The first kappa shape index (κ1) is 26.3. The summed E-state index contributed by atoms with van der Waals surface area (Å²) in [5.74, 6) is 0. The summed E-state index contributed by atoms with van der Waals surface area (Å²) in [6.07, 6.45) is 20.5. The minimum Gasteiger partial charge on any atom is -0.381 e. The molecule has 0 saturated carbocycles. The van der Waals surface area contributed by atoms with Crippen LogP contribution in [0, 0.1) is 0 Å². The van der Waals surface area contributed by atoms with Crippen LogP contribution < -0.4 is 5.73 Å². The van der Waals surface area contributed by atoms with E-state index in [1.807, 2.05) is 0 Å². The topological polar surface area (TPSA) is 53.7 Å². The molecular formula is C21H46NO3P. The number of hydrogen-bond donors (Lipinski definition) is 1. The largest absolute Gasteiger partial charge is 0.381 e. The first-order chi connectivity index (χ1) is 12.9. The number of ether oxygens (including phenoxy) is 1. The summed E-state index contributed by atoms with van der Waals surface area (Å²) in [7, 11) is 0.114. The third-order valence-corrected chi connectivity index (χ3v) is 5.16. The van der Waals surface area contributed by atoms with Crippen LogP contribution >= 0.6 is 9.03 Å². The maximum Gasteiger partial charge on any atom is 0.155 e. The SMILES string of the molecule is CCCCCCCCCCCCCCCCOCCCOPOCCN. The van der Waals surface area contributed by atoms with Crippen LogP contribution in [0.25, 0.3) is 0 Å². The molecule has 0 aliphatic carbocycles. The van der Waals surface area contributed by atoms with Gasteiger partial charge in [-0.25, -0.2) is 0 Å². The molecule has 0 spiro atoms. The van der Waals surface area contributed by atoms with Gasteiger partial charge in [-0.1, -0.05) is 90.4 Å². The van der Waals surface area contributed by atoms with Crippen molar-refractivity contribution in [3.05, 3.63) is 0 Å². The van der Waals surface area contributed by atoms with Crippen molar-refractivity contribution in [1.82, 2.24) is 0 Å². The summed E-state index contributed by atoms with van der Waals surface area (Å²) in [6.45, 7) is 5.81. The van der Waals surface area contributed by atoms with Crippen molar-refractivity contribution in [2.75, 3.05) is 33.0 Å². The Morgan fingerprint density at radius 3 is 1.54 bits per heavy atom. The van der Waals surface area contributed by atoms with Crippen LogP contribution in [0.2, 0.25) is 0 Å². The standard InChI is InChI=1S/C21H46NO3P/c1-2-3-4-5-6-7-8-9-10-11-12-13-14-15-18-23-19-16-20-24-26-25-21-17-22/h26H,2-22H2,1H3. The average molecular weight is 392 g/mol. The smallest absolute Gasteiger partial charge is 0.155 e. The lowest BCUT2D eigenvalue weighted by Gasteiger charge is -2.06. The highest BCUT2D eigenvalue weighted by Crippen LogP contribution is 2.14. The molecule has 5 heteroatoms. The van der Waals surface area contributed by atoms with E-state index in [-0.39, 0.29) is 9.03 Å². The fourth-order valence-corrected chi connectivity index (χ4v) is 3.43. The van der Waals surface area contributed by atoms with Gasteiger partial charge in [0, 0.05) is 19.8 Å². The highest BCUT2D eigenvalue weighted by Gasteiger charge is 1.95. The van der Waals surface area contributed by atoms with Crippen LogP contribution in [0.4, 0.5) is 0 Å². The highest BCUT2D eigenvalue weighted by molar-refractivity contribution is 7.26. The molecule has 0 aromatic heterocycles. The third-order valence-electron chi connectivity index (χ3n) is 4.52. The zero-order valence-electron chi connectivity index (χ0n) is 17.4. The molecule has 0 amide bonds. The average Bonchev–Trinajstić information content (AvgIpc) is 2.66. The predicted molar refractivity (Wildman–Crippen MR) is 115 cm³/mol. The molecule has 0 fully saturated rings. The maximum absolute atomic E-state index is 5.63. The van der Waals surface area contributed by atoms with Crippen LogP contribution in [-0.4, -0.2) is 33.0 Å². The molecule has 0 saturated heterocycles. The van der Waals surface area contributed by atoms with Crippen molar-refractivity contribution < 1.29 is 13.8 Å². The van der Waals surface area contributed by atoms with Gasteiger partial charge in [-0.3, -0.25) is 0 Å². The lowest BCUT2D eigenvalue weighted by atomic mass is 10.0. The normalized spacial score (nSPS) is 11.8. The van der Waals surface area contributed by atoms with E-state index in [1.54, 1.807) is 0 Å². The molecule has 26 heavy (non-hydrogen) atoms. The molecule has 0 heterocycles. The second kappa shape index (κ2) is 25.3. The number of nitrogens with two attached hydrogens (primary N) is 1. The number of rotatable bonds is 23. The summed E-state index contributed by atoms with van der Waals surface area (Å²) in [6, 6.07) is 0. The lowest BCUT2D eigenvalue weighted by Crippen LogP contribution is -2.05. The third kappa shape index (κ3) is 24.3. The molecule has 0 aromatic rings. The summed E-state index contributed by atoms with van der Waals surface area (Å²) >= 11 is 0. The predicted octanol–water partition coefficient (Wildman–Crippen LogP) is 6.37. The Morgan fingerprint density at radius 1 is 0.538 bits per heavy atom. The fourth-order valence-electron chi connectivity index (χ4n) is 2.92. The summed E-state index contributed by atoms with van der Waals surface area (Å²) in [4.78, 5) is 0. The molecule has 158 valence electrons. The zero-order chi connectivity index (χ0) is 19.0. The molecule has 0 bridgehead atoms. The molecule has 0 aliphatic heterocycles. The Labute approximate surface area is 165 Å². The summed E-state index contributed by atoms with van der Waals surface area (Å²) in [5.41, 5.74) is 5.32. The van der Waals surface area contributed by atoms with Crippen molar-refractivity contribution in [2.45, 2.75) is 103 Å². The molecule has 0 radical (unpaired) electrons. The molecule has 0 aliphatic rings. The Kier molecular flexibility index (Phi) is 25.5. The molecule has 2 N–H and O–H groups in total. The van der Waals surface area contributed by atoms with Crippen molar-refractivity contribution in [3.63, 3.8) is 0 Å². The van der Waals surface area contributed by atoms with E-state index in [0.717, 1.165) is 19.6 Å². The monoisotopic (exact) mass is 391 g/mol. The van der Waals surface area contributed by atoms with E-state index in [0.29, 0.717) is 19.8 Å². The molecule has 0 aromatic carbocycles. The Morgan fingerprint density at radius 2 is 1.00 bits per heavy atom. The fraction of sp³-hybridized carbons (Fsp3) is 1.00. The Hall–Kier alpha value is 0.270. The van der Waals surface area contributed by atoms with Crippen LogP contribution in [0.15, 0.2) is 0 Å². The van der Waals surface area contributed by atoms with Crippen LogP contribution in [0.3, 0.4) is 0 Å². The minimum atomic E-state index is 0.114. The first-order valence-electron chi connectivity index (χ1n) is 11.2. The van der Waals surface area contributed by atoms with E-state index < -0.39 is 0 Å². The van der Waals surface area contributed by atoms with Gasteiger partial charge in [0.1, 0.15) is 0 Å². The lowest BCUT2D eigenvalue weighted by molar-refractivity contribution is 0.116. The van der Waals surface area contributed by atoms with E-state index in [4.69, 9.17) is 19.5 Å². The van der Waals surface area contributed by atoms with Crippen molar-refractivity contribution in [3.8, 4) is 0 Å².